The first kappa shape index (κ1) is 14.0. The van der Waals surface area contributed by atoms with Gasteiger partial charge in [-0.25, -0.2) is 4.99 Å². The van der Waals surface area contributed by atoms with Gasteiger partial charge in [-0.05, 0) is 24.6 Å². The van der Waals surface area contributed by atoms with Crippen molar-refractivity contribution in [1.29, 1.82) is 0 Å². The SMILES string of the molecule is CN=Cc1cc([C@]2(C)CC(=O)N(C)C(N)=N2)ccc1N. The lowest BCUT2D eigenvalue weighted by Crippen LogP contribution is -2.47. The first-order chi connectivity index (χ1) is 9.37. The summed E-state index contributed by atoms with van der Waals surface area (Å²) in [5.41, 5.74) is 13.4. The van der Waals surface area contributed by atoms with Crippen LogP contribution in [0.3, 0.4) is 0 Å². The van der Waals surface area contributed by atoms with Crippen molar-refractivity contribution in [3.05, 3.63) is 29.3 Å². The Balaban J connectivity index is 2.50. The third-order valence-corrected chi connectivity index (χ3v) is 3.55. The largest absolute Gasteiger partial charge is 0.398 e. The van der Waals surface area contributed by atoms with E-state index < -0.39 is 5.54 Å². The zero-order valence-electron chi connectivity index (χ0n) is 11.9. The van der Waals surface area contributed by atoms with Crippen molar-refractivity contribution in [3.8, 4) is 0 Å². The molecule has 6 nitrogen and oxygen atoms in total. The van der Waals surface area contributed by atoms with Crippen LogP contribution in [0.15, 0.2) is 28.2 Å². The number of carbonyl (C=O) groups is 1. The molecule has 0 saturated carbocycles. The third-order valence-electron chi connectivity index (χ3n) is 3.55. The molecule has 1 aromatic carbocycles. The van der Waals surface area contributed by atoms with Crippen LogP contribution < -0.4 is 11.5 Å². The number of nitrogens with two attached hydrogens (primary N) is 2. The molecule has 0 spiro atoms. The van der Waals surface area contributed by atoms with E-state index in [0.717, 1.165) is 11.1 Å². The predicted octanol–water partition coefficient (Wildman–Crippen LogP) is 0.710. The Hall–Kier alpha value is -2.37. The van der Waals surface area contributed by atoms with Crippen LogP contribution in [-0.4, -0.2) is 37.1 Å². The van der Waals surface area contributed by atoms with Gasteiger partial charge in [-0.2, -0.15) is 0 Å². The van der Waals surface area contributed by atoms with Gasteiger partial charge in [0, 0.05) is 31.6 Å². The molecule has 0 aliphatic carbocycles. The van der Waals surface area contributed by atoms with E-state index in [9.17, 15) is 4.79 Å². The molecule has 20 heavy (non-hydrogen) atoms. The van der Waals surface area contributed by atoms with Crippen molar-refractivity contribution >= 4 is 23.8 Å². The Kier molecular flexibility index (Phi) is 3.48. The molecule has 0 fully saturated rings. The van der Waals surface area contributed by atoms with Crippen LogP contribution in [0.1, 0.15) is 24.5 Å². The van der Waals surface area contributed by atoms with Gasteiger partial charge in [0.25, 0.3) is 0 Å². The third kappa shape index (κ3) is 2.36. The monoisotopic (exact) mass is 273 g/mol. The van der Waals surface area contributed by atoms with Crippen molar-refractivity contribution in [2.75, 3.05) is 19.8 Å². The average molecular weight is 273 g/mol. The van der Waals surface area contributed by atoms with Gasteiger partial charge in [-0.3, -0.25) is 14.7 Å². The molecule has 4 N–H and O–H groups in total. The quantitative estimate of drug-likeness (QED) is 0.613. The van der Waals surface area contributed by atoms with Crippen LogP contribution >= 0.6 is 0 Å². The van der Waals surface area contributed by atoms with Gasteiger partial charge in [-0.15, -0.1) is 0 Å². The molecule has 1 amide bonds. The first-order valence-electron chi connectivity index (χ1n) is 6.31. The Bertz CT molecular complexity index is 608. The topological polar surface area (TPSA) is 97.1 Å². The second-order valence-electron chi connectivity index (χ2n) is 5.10. The molecule has 106 valence electrons. The zero-order chi connectivity index (χ0) is 14.9. The van der Waals surface area contributed by atoms with Gasteiger partial charge >= 0.3 is 0 Å². The smallest absolute Gasteiger partial charge is 0.231 e. The maximum atomic E-state index is 12.0. The Morgan fingerprint density at radius 1 is 1.45 bits per heavy atom. The average Bonchev–Trinajstić information content (AvgIpc) is 2.38. The first-order valence-corrected chi connectivity index (χ1v) is 6.31. The molecule has 2 rings (SSSR count). The van der Waals surface area contributed by atoms with Gasteiger partial charge < -0.3 is 11.5 Å². The molecule has 0 unspecified atom stereocenters. The lowest BCUT2D eigenvalue weighted by atomic mass is 9.86. The van der Waals surface area contributed by atoms with Gasteiger partial charge in [0.15, 0.2) is 5.96 Å². The standard InChI is InChI=1S/C14H19N5O/c1-14(7-12(20)19(3)13(16)18-14)10-4-5-11(15)9(6-10)8-17-2/h4-6,8H,7,15H2,1-3H3,(H2,16,18)/t14-/m0/s1. The van der Waals surface area contributed by atoms with Crippen LogP contribution in [-0.2, 0) is 10.3 Å². The summed E-state index contributed by atoms with van der Waals surface area (Å²) < 4.78 is 0. The number of nitrogen functional groups attached to an aromatic ring is 1. The number of guanidine groups is 1. The van der Waals surface area contributed by atoms with Crippen molar-refractivity contribution in [2.45, 2.75) is 18.9 Å². The number of hydrogen-bond acceptors (Lipinski definition) is 5. The molecule has 0 bridgehead atoms. The van der Waals surface area contributed by atoms with E-state index in [0.29, 0.717) is 5.69 Å². The fourth-order valence-corrected chi connectivity index (χ4v) is 2.24. The molecule has 0 radical (unpaired) electrons. The summed E-state index contributed by atoms with van der Waals surface area (Å²) in [5.74, 6) is 0.175. The number of nitrogens with zero attached hydrogens (tertiary/aromatic N) is 3. The minimum atomic E-state index is -0.669. The minimum absolute atomic E-state index is 0.0532. The van der Waals surface area contributed by atoms with Gasteiger partial charge in [0.1, 0.15) is 0 Å². The highest BCUT2D eigenvalue weighted by Gasteiger charge is 2.36. The van der Waals surface area contributed by atoms with E-state index in [4.69, 9.17) is 11.5 Å². The summed E-state index contributed by atoms with van der Waals surface area (Å²) in [6.07, 6.45) is 1.96. The van der Waals surface area contributed by atoms with Crippen LogP contribution in [0.4, 0.5) is 5.69 Å². The maximum Gasteiger partial charge on any atom is 0.231 e. The second kappa shape index (κ2) is 4.96. The van der Waals surface area contributed by atoms with Crippen molar-refractivity contribution in [1.82, 2.24) is 4.90 Å². The fraction of sp³-hybridized carbons (Fsp3) is 0.357. The molecule has 6 heteroatoms. The number of carbonyl (C=O) groups excluding carboxylic acids is 1. The summed E-state index contributed by atoms with van der Waals surface area (Å²) in [4.78, 5) is 21.8. The lowest BCUT2D eigenvalue weighted by Gasteiger charge is -2.33. The number of benzene rings is 1. The Morgan fingerprint density at radius 3 is 2.75 bits per heavy atom. The zero-order valence-corrected chi connectivity index (χ0v) is 11.9. The van der Waals surface area contributed by atoms with Crippen LogP contribution in [0.5, 0.6) is 0 Å². The summed E-state index contributed by atoms with van der Waals surface area (Å²) in [6, 6.07) is 5.57. The number of hydrogen-bond donors (Lipinski definition) is 2. The molecule has 1 aliphatic rings. The number of anilines is 1. The number of rotatable bonds is 2. The van der Waals surface area contributed by atoms with Crippen LogP contribution in [0, 0.1) is 0 Å². The minimum Gasteiger partial charge on any atom is -0.398 e. The van der Waals surface area contributed by atoms with Gasteiger partial charge in [-0.1, -0.05) is 6.07 Å². The number of amides is 1. The van der Waals surface area contributed by atoms with Crippen LogP contribution in [0.25, 0.3) is 0 Å². The van der Waals surface area contributed by atoms with Crippen LogP contribution in [0.2, 0.25) is 0 Å². The molecule has 0 aromatic heterocycles. The lowest BCUT2D eigenvalue weighted by molar-refractivity contribution is -0.128. The van der Waals surface area contributed by atoms with Crippen molar-refractivity contribution in [3.63, 3.8) is 0 Å². The molecular formula is C14H19N5O. The molecule has 1 atom stereocenters. The highest BCUT2D eigenvalue weighted by Crippen LogP contribution is 2.33. The summed E-state index contributed by atoms with van der Waals surface area (Å²) in [6.45, 7) is 1.89. The van der Waals surface area contributed by atoms with E-state index in [2.05, 4.69) is 9.98 Å². The fourth-order valence-electron chi connectivity index (χ4n) is 2.24. The Morgan fingerprint density at radius 2 is 2.15 bits per heavy atom. The van der Waals surface area contributed by atoms with E-state index in [1.807, 2.05) is 19.1 Å². The molecule has 1 heterocycles. The highest BCUT2D eigenvalue weighted by atomic mass is 16.2. The summed E-state index contributed by atoms with van der Waals surface area (Å²) in [7, 11) is 3.31. The molecule has 0 saturated heterocycles. The number of aliphatic imine (C=N–C) groups is 2. The van der Waals surface area contributed by atoms with Crippen molar-refractivity contribution in [2.24, 2.45) is 15.7 Å². The molecule has 1 aromatic rings. The summed E-state index contributed by atoms with van der Waals surface area (Å²) in [5, 5.41) is 0. The van der Waals surface area contributed by atoms with E-state index in [1.165, 1.54) is 4.90 Å². The van der Waals surface area contributed by atoms with E-state index in [1.54, 1.807) is 26.4 Å². The second-order valence-corrected chi connectivity index (χ2v) is 5.10. The predicted molar refractivity (Wildman–Crippen MR) is 80.7 cm³/mol. The van der Waals surface area contributed by atoms with E-state index in [-0.39, 0.29) is 18.3 Å². The van der Waals surface area contributed by atoms with Crippen molar-refractivity contribution < 1.29 is 4.79 Å². The molecule has 1 aliphatic heterocycles. The molecular weight excluding hydrogens is 254 g/mol. The summed E-state index contributed by atoms with van der Waals surface area (Å²) >= 11 is 0. The Labute approximate surface area is 118 Å². The van der Waals surface area contributed by atoms with E-state index >= 15 is 0 Å². The van der Waals surface area contributed by atoms with Gasteiger partial charge in [0.05, 0.1) is 12.0 Å². The van der Waals surface area contributed by atoms with Gasteiger partial charge in [0.2, 0.25) is 5.91 Å². The normalized spacial score (nSPS) is 23.2. The highest BCUT2D eigenvalue weighted by molar-refractivity contribution is 5.99. The maximum absolute atomic E-state index is 12.0.